The van der Waals surface area contributed by atoms with Gasteiger partial charge in [-0.25, -0.2) is 0 Å². The van der Waals surface area contributed by atoms with Crippen LogP contribution in [0.15, 0.2) is 30.3 Å². The Morgan fingerprint density at radius 2 is 1.95 bits per heavy atom. The van der Waals surface area contributed by atoms with Gasteiger partial charge < -0.3 is 10.6 Å². The van der Waals surface area contributed by atoms with Gasteiger partial charge >= 0.3 is 0 Å². The van der Waals surface area contributed by atoms with E-state index < -0.39 is 0 Å². The molecule has 3 heteroatoms. The molecule has 0 spiro atoms. The Morgan fingerprint density at radius 1 is 1.32 bits per heavy atom. The molecule has 1 unspecified atom stereocenters. The minimum absolute atomic E-state index is 0.125. The Labute approximate surface area is 115 Å². The van der Waals surface area contributed by atoms with E-state index in [1.165, 1.54) is 5.56 Å². The third kappa shape index (κ3) is 3.35. The molecule has 1 aliphatic rings. The number of nitrogens with one attached hydrogen (secondary N) is 2. The number of carbonyl (C=O) groups is 1. The molecule has 1 aliphatic heterocycles. The van der Waals surface area contributed by atoms with Crippen LogP contribution in [0.2, 0.25) is 0 Å². The molecule has 104 valence electrons. The zero-order chi connectivity index (χ0) is 13.7. The van der Waals surface area contributed by atoms with Crippen LogP contribution in [0.5, 0.6) is 0 Å². The van der Waals surface area contributed by atoms with Crippen molar-refractivity contribution >= 4 is 5.91 Å². The number of hydrogen-bond acceptors (Lipinski definition) is 2. The van der Waals surface area contributed by atoms with Gasteiger partial charge in [-0.2, -0.15) is 0 Å². The summed E-state index contributed by atoms with van der Waals surface area (Å²) in [6, 6.07) is 10.3. The monoisotopic (exact) mass is 260 g/mol. The van der Waals surface area contributed by atoms with Gasteiger partial charge in [-0.1, -0.05) is 44.2 Å². The molecule has 0 radical (unpaired) electrons. The quantitative estimate of drug-likeness (QED) is 0.874. The largest absolute Gasteiger partial charge is 0.349 e. The maximum atomic E-state index is 12.5. The topological polar surface area (TPSA) is 41.1 Å². The fraction of sp³-hybridized carbons (Fsp3) is 0.562. The first-order valence-corrected chi connectivity index (χ1v) is 7.22. The second-order valence-electron chi connectivity index (χ2n) is 5.66. The molecule has 0 bridgehead atoms. The van der Waals surface area contributed by atoms with Crippen molar-refractivity contribution in [3.8, 4) is 0 Å². The molecule has 0 saturated carbocycles. The Hall–Kier alpha value is -1.35. The van der Waals surface area contributed by atoms with Gasteiger partial charge in [-0.15, -0.1) is 0 Å². The Balaban J connectivity index is 2.04. The number of hydrogen-bond donors (Lipinski definition) is 2. The third-order valence-corrected chi connectivity index (χ3v) is 4.17. The molecule has 19 heavy (non-hydrogen) atoms. The number of rotatable bonds is 4. The first kappa shape index (κ1) is 14.1. The Morgan fingerprint density at radius 3 is 2.53 bits per heavy atom. The lowest BCUT2D eigenvalue weighted by atomic mass is 9.80. The van der Waals surface area contributed by atoms with Crippen LogP contribution >= 0.6 is 0 Å². The van der Waals surface area contributed by atoms with Crippen LogP contribution in [0.3, 0.4) is 0 Å². The SMILES string of the molecule is CCC(NC(=O)C1(C)CCNCC1)c1ccccc1. The van der Waals surface area contributed by atoms with Crippen molar-refractivity contribution in [1.29, 1.82) is 0 Å². The summed E-state index contributed by atoms with van der Waals surface area (Å²) in [5.41, 5.74) is 0.976. The second kappa shape index (κ2) is 6.20. The summed E-state index contributed by atoms with van der Waals surface area (Å²) in [5, 5.41) is 6.54. The molecule has 3 nitrogen and oxygen atoms in total. The molecule has 2 N–H and O–H groups in total. The molecule has 1 aromatic carbocycles. The number of benzene rings is 1. The first-order valence-electron chi connectivity index (χ1n) is 7.22. The highest BCUT2D eigenvalue weighted by atomic mass is 16.2. The Bertz CT molecular complexity index is 410. The smallest absolute Gasteiger partial charge is 0.226 e. The fourth-order valence-electron chi connectivity index (χ4n) is 2.64. The van der Waals surface area contributed by atoms with Gasteiger partial charge in [0.25, 0.3) is 0 Å². The maximum Gasteiger partial charge on any atom is 0.226 e. The minimum Gasteiger partial charge on any atom is -0.349 e. The van der Waals surface area contributed by atoms with Crippen molar-refractivity contribution in [3.05, 3.63) is 35.9 Å². The van der Waals surface area contributed by atoms with Crippen LogP contribution < -0.4 is 10.6 Å². The summed E-state index contributed by atoms with van der Waals surface area (Å²) in [7, 11) is 0. The predicted molar refractivity (Wildman–Crippen MR) is 77.8 cm³/mol. The highest BCUT2D eigenvalue weighted by molar-refractivity contribution is 5.82. The summed E-state index contributed by atoms with van der Waals surface area (Å²) < 4.78 is 0. The van der Waals surface area contributed by atoms with E-state index in [1.807, 2.05) is 18.2 Å². The summed E-state index contributed by atoms with van der Waals surface area (Å²) in [6.45, 7) is 6.07. The van der Waals surface area contributed by atoms with E-state index >= 15 is 0 Å². The molecule has 1 aromatic rings. The van der Waals surface area contributed by atoms with E-state index in [0.717, 1.165) is 32.4 Å². The summed E-state index contributed by atoms with van der Waals surface area (Å²) in [4.78, 5) is 12.5. The standard InChI is InChI=1S/C16H24N2O/c1-3-14(13-7-5-4-6-8-13)18-15(19)16(2)9-11-17-12-10-16/h4-8,14,17H,3,9-12H2,1-2H3,(H,18,19). The molecule has 1 heterocycles. The van der Waals surface area contributed by atoms with E-state index in [2.05, 4.69) is 36.6 Å². The normalized spacial score (nSPS) is 19.7. The predicted octanol–water partition coefficient (Wildman–Crippen LogP) is 2.64. The fourth-order valence-corrected chi connectivity index (χ4v) is 2.64. The van der Waals surface area contributed by atoms with E-state index in [0.29, 0.717) is 0 Å². The summed E-state index contributed by atoms with van der Waals surface area (Å²) in [5.74, 6) is 0.199. The van der Waals surface area contributed by atoms with E-state index in [4.69, 9.17) is 0 Å². The summed E-state index contributed by atoms with van der Waals surface area (Å²) >= 11 is 0. The molecular formula is C16H24N2O. The van der Waals surface area contributed by atoms with Crippen molar-refractivity contribution in [2.75, 3.05) is 13.1 Å². The zero-order valence-electron chi connectivity index (χ0n) is 11.9. The highest BCUT2D eigenvalue weighted by Crippen LogP contribution is 2.29. The second-order valence-corrected chi connectivity index (χ2v) is 5.66. The molecular weight excluding hydrogens is 236 g/mol. The molecule has 0 aromatic heterocycles. The lowest BCUT2D eigenvalue weighted by molar-refractivity contribution is -0.132. The van der Waals surface area contributed by atoms with Gasteiger partial charge in [-0.3, -0.25) is 4.79 Å². The van der Waals surface area contributed by atoms with Gasteiger partial charge in [0, 0.05) is 5.41 Å². The van der Waals surface area contributed by atoms with Gasteiger partial charge in [0.05, 0.1) is 6.04 Å². The van der Waals surface area contributed by atoms with Crippen LogP contribution in [0.4, 0.5) is 0 Å². The van der Waals surface area contributed by atoms with Crippen LogP contribution in [0.1, 0.15) is 44.7 Å². The van der Waals surface area contributed by atoms with Gasteiger partial charge in [0.1, 0.15) is 0 Å². The minimum atomic E-state index is -0.215. The van der Waals surface area contributed by atoms with Crippen molar-refractivity contribution < 1.29 is 4.79 Å². The van der Waals surface area contributed by atoms with E-state index in [1.54, 1.807) is 0 Å². The first-order chi connectivity index (χ1) is 9.15. The van der Waals surface area contributed by atoms with Crippen LogP contribution in [0.25, 0.3) is 0 Å². The van der Waals surface area contributed by atoms with Crippen LogP contribution in [-0.2, 0) is 4.79 Å². The average Bonchev–Trinajstić information content (AvgIpc) is 2.46. The lowest BCUT2D eigenvalue weighted by Crippen LogP contribution is -2.46. The van der Waals surface area contributed by atoms with Crippen LogP contribution in [0, 0.1) is 5.41 Å². The number of amides is 1. The molecule has 0 aliphatic carbocycles. The number of carbonyl (C=O) groups excluding carboxylic acids is 1. The van der Waals surface area contributed by atoms with Gasteiger partial charge in [0.2, 0.25) is 5.91 Å². The van der Waals surface area contributed by atoms with Crippen molar-refractivity contribution in [2.45, 2.75) is 39.2 Å². The molecule has 1 fully saturated rings. The Kier molecular flexibility index (Phi) is 4.59. The zero-order valence-corrected chi connectivity index (χ0v) is 11.9. The van der Waals surface area contributed by atoms with E-state index in [-0.39, 0.29) is 17.4 Å². The van der Waals surface area contributed by atoms with Gasteiger partial charge in [0.15, 0.2) is 0 Å². The van der Waals surface area contributed by atoms with Crippen molar-refractivity contribution in [2.24, 2.45) is 5.41 Å². The van der Waals surface area contributed by atoms with Crippen LogP contribution in [-0.4, -0.2) is 19.0 Å². The third-order valence-electron chi connectivity index (χ3n) is 4.17. The number of piperidine rings is 1. The molecule has 1 saturated heterocycles. The average molecular weight is 260 g/mol. The molecule has 1 atom stereocenters. The summed E-state index contributed by atoms with van der Waals surface area (Å²) in [6.07, 6.45) is 2.76. The lowest BCUT2D eigenvalue weighted by Gasteiger charge is -2.34. The molecule has 2 rings (SSSR count). The van der Waals surface area contributed by atoms with Gasteiger partial charge in [-0.05, 0) is 37.9 Å². The van der Waals surface area contributed by atoms with Crippen molar-refractivity contribution in [1.82, 2.24) is 10.6 Å². The van der Waals surface area contributed by atoms with E-state index in [9.17, 15) is 4.79 Å². The molecule has 1 amide bonds. The maximum absolute atomic E-state index is 12.5. The highest BCUT2D eigenvalue weighted by Gasteiger charge is 2.35. The van der Waals surface area contributed by atoms with Crippen molar-refractivity contribution in [3.63, 3.8) is 0 Å².